The third-order valence-electron chi connectivity index (χ3n) is 2.71. The number of para-hydroxylation sites is 1. The lowest BCUT2D eigenvalue weighted by Crippen LogP contribution is -2.32. The summed E-state index contributed by atoms with van der Waals surface area (Å²) in [6.45, 7) is 2.59. The van der Waals surface area contributed by atoms with Crippen molar-refractivity contribution in [2.24, 2.45) is 0 Å². The molecule has 0 spiro atoms. The highest BCUT2D eigenvalue weighted by Crippen LogP contribution is 2.18. The molecule has 0 aliphatic rings. The zero-order valence-corrected chi connectivity index (χ0v) is 11.5. The van der Waals surface area contributed by atoms with E-state index in [4.69, 9.17) is 4.74 Å². The molecule has 3 nitrogen and oxygen atoms in total. The second-order valence-electron chi connectivity index (χ2n) is 4.06. The quantitative estimate of drug-likeness (QED) is 0.737. The maximum atomic E-state index is 9.18. The highest BCUT2D eigenvalue weighted by molar-refractivity contribution is 5.57. The van der Waals surface area contributed by atoms with Crippen LogP contribution in [0.1, 0.15) is 18.9 Å². The van der Waals surface area contributed by atoms with Crippen LogP contribution < -0.4 is 10.1 Å². The number of methoxy groups -OCH3 is 1. The number of ether oxygens (including phenoxy) is 1. The maximum Gasteiger partial charge on any atom is 0.126 e. The second-order valence-corrected chi connectivity index (χ2v) is 4.06. The van der Waals surface area contributed by atoms with Crippen LogP contribution in [0.3, 0.4) is 0 Å². The van der Waals surface area contributed by atoms with Gasteiger partial charge in [-0.25, -0.2) is 0 Å². The molecular weight excluding hydrogens is 238 g/mol. The van der Waals surface area contributed by atoms with Gasteiger partial charge in [-0.2, -0.15) is 0 Å². The Kier molecular flexibility index (Phi) is 7.41. The van der Waals surface area contributed by atoms with Gasteiger partial charge in [-0.05, 0) is 13.0 Å². The molecule has 1 aromatic rings. The maximum absolute atomic E-state index is 9.18. The average Bonchev–Trinajstić information content (AvgIpc) is 2.47. The molecule has 0 radical (unpaired) electrons. The minimum Gasteiger partial charge on any atom is -0.496 e. The Hall–Kier alpha value is -1.76. The van der Waals surface area contributed by atoms with E-state index in [0.717, 1.165) is 11.3 Å². The average molecular weight is 259 g/mol. The van der Waals surface area contributed by atoms with Gasteiger partial charge in [0.25, 0.3) is 0 Å². The van der Waals surface area contributed by atoms with Crippen molar-refractivity contribution in [1.29, 1.82) is 0 Å². The van der Waals surface area contributed by atoms with E-state index >= 15 is 0 Å². The van der Waals surface area contributed by atoms with Crippen molar-refractivity contribution in [2.45, 2.75) is 19.4 Å². The molecule has 2 N–H and O–H groups in total. The van der Waals surface area contributed by atoms with Gasteiger partial charge in [0.15, 0.2) is 0 Å². The number of hydrogen-bond donors (Lipinski definition) is 2. The zero-order chi connectivity index (χ0) is 13.9. The Morgan fingerprint density at radius 2 is 2.21 bits per heavy atom. The van der Waals surface area contributed by atoms with Crippen molar-refractivity contribution < 1.29 is 9.84 Å². The fourth-order valence-corrected chi connectivity index (χ4v) is 1.65. The van der Waals surface area contributed by atoms with Crippen LogP contribution in [0, 0.1) is 11.8 Å². The first-order valence-corrected chi connectivity index (χ1v) is 6.35. The molecule has 1 rings (SSSR count). The number of benzene rings is 1. The van der Waals surface area contributed by atoms with E-state index in [1.807, 2.05) is 36.4 Å². The summed E-state index contributed by atoms with van der Waals surface area (Å²) in [6.07, 6.45) is 4.68. The van der Waals surface area contributed by atoms with E-state index in [0.29, 0.717) is 13.0 Å². The van der Waals surface area contributed by atoms with E-state index in [2.05, 4.69) is 17.2 Å². The zero-order valence-electron chi connectivity index (χ0n) is 11.5. The third-order valence-corrected chi connectivity index (χ3v) is 2.71. The number of aliphatic hydroxyl groups excluding tert-OH is 1. The molecule has 0 saturated carbocycles. The first-order chi connectivity index (χ1) is 9.31. The molecule has 0 saturated heterocycles. The van der Waals surface area contributed by atoms with Gasteiger partial charge in [0, 0.05) is 24.6 Å². The SMILES string of the molecule is CC#CCC(CO)NCC=Cc1ccccc1OC. The summed E-state index contributed by atoms with van der Waals surface area (Å²) < 4.78 is 5.27. The van der Waals surface area contributed by atoms with E-state index in [1.165, 1.54) is 0 Å². The summed E-state index contributed by atoms with van der Waals surface area (Å²) in [5.74, 6) is 6.64. The van der Waals surface area contributed by atoms with E-state index in [1.54, 1.807) is 14.0 Å². The van der Waals surface area contributed by atoms with Gasteiger partial charge in [0.05, 0.1) is 13.7 Å². The first kappa shape index (κ1) is 15.3. The molecule has 0 aliphatic carbocycles. The highest BCUT2D eigenvalue weighted by Gasteiger charge is 2.02. The topological polar surface area (TPSA) is 41.5 Å². The molecule has 0 amide bonds. The van der Waals surface area contributed by atoms with Gasteiger partial charge in [0.1, 0.15) is 5.75 Å². The van der Waals surface area contributed by atoms with Crippen molar-refractivity contribution in [1.82, 2.24) is 5.32 Å². The summed E-state index contributed by atoms with van der Waals surface area (Å²) in [5, 5.41) is 12.4. The van der Waals surface area contributed by atoms with Gasteiger partial charge in [0.2, 0.25) is 0 Å². The summed E-state index contributed by atoms with van der Waals surface area (Å²) in [6, 6.07) is 7.87. The van der Waals surface area contributed by atoms with Gasteiger partial charge in [-0.3, -0.25) is 0 Å². The van der Waals surface area contributed by atoms with E-state index in [9.17, 15) is 5.11 Å². The number of hydrogen-bond acceptors (Lipinski definition) is 3. The van der Waals surface area contributed by atoms with Crippen LogP contribution in [-0.4, -0.2) is 31.4 Å². The van der Waals surface area contributed by atoms with Gasteiger partial charge in [-0.15, -0.1) is 11.8 Å². The molecule has 102 valence electrons. The van der Waals surface area contributed by atoms with E-state index in [-0.39, 0.29) is 12.6 Å². The lowest BCUT2D eigenvalue weighted by Gasteiger charge is -2.11. The molecule has 0 heterocycles. The largest absolute Gasteiger partial charge is 0.496 e. The van der Waals surface area contributed by atoms with Crippen LogP contribution in [0.15, 0.2) is 30.3 Å². The number of nitrogens with one attached hydrogen (secondary N) is 1. The van der Waals surface area contributed by atoms with Crippen molar-refractivity contribution in [3.63, 3.8) is 0 Å². The predicted octanol–water partition coefficient (Wildman–Crippen LogP) is 2.07. The van der Waals surface area contributed by atoms with Gasteiger partial charge < -0.3 is 15.2 Å². The smallest absolute Gasteiger partial charge is 0.126 e. The molecule has 1 unspecified atom stereocenters. The summed E-state index contributed by atoms with van der Waals surface area (Å²) in [4.78, 5) is 0. The lowest BCUT2D eigenvalue weighted by atomic mass is 10.2. The standard InChI is InChI=1S/C16H21NO2/c1-3-4-10-15(13-18)17-12-7-9-14-8-5-6-11-16(14)19-2/h5-9,11,15,17-18H,10,12-13H2,1-2H3. The molecule has 1 aromatic carbocycles. The molecule has 1 atom stereocenters. The normalized spacial score (nSPS) is 11.9. The minimum atomic E-state index is 0.0229. The third kappa shape index (κ3) is 5.60. The Morgan fingerprint density at radius 1 is 1.42 bits per heavy atom. The fourth-order valence-electron chi connectivity index (χ4n) is 1.65. The van der Waals surface area contributed by atoms with Crippen LogP contribution in [0.5, 0.6) is 5.75 Å². The van der Waals surface area contributed by atoms with Crippen molar-refractivity contribution >= 4 is 6.08 Å². The van der Waals surface area contributed by atoms with Crippen molar-refractivity contribution in [2.75, 3.05) is 20.3 Å². The van der Waals surface area contributed by atoms with Crippen molar-refractivity contribution in [3.8, 4) is 17.6 Å². The Morgan fingerprint density at radius 3 is 2.89 bits per heavy atom. The Bertz CT molecular complexity index is 457. The predicted molar refractivity (Wildman–Crippen MR) is 79.0 cm³/mol. The summed E-state index contributed by atoms with van der Waals surface area (Å²) in [5.41, 5.74) is 1.04. The monoisotopic (exact) mass is 259 g/mol. The molecular formula is C16H21NO2. The Labute approximate surface area is 115 Å². The molecule has 19 heavy (non-hydrogen) atoms. The van der Waals surface area contributed by atoms with Crippen LogP contribution >= 0.6 is 0 Å². The molecule has 0 bridgehead atoms. The molecule has 3 heteroatoms. The van der Waals surface area contributed by atoms with Crippen LogP contribution in [0.25, 0.3) is 6.08 Å². The first-order valence-electron chi connectivity index (χ1n) is 6.35. The van der Waals surface area contributed by atoms with E-state index < -0.39 is 0 Å². The van der Waals surface area contributed by atoms with Gasteiger partial charge in [-0.1, -0.05) is 30.4 Å². The van der Waals surface area contributed by atoms with Gasteiger partial charge >= 0.3 is 0 Å². The molecule has 0 aliphatic heterocycles. The fraction of sp³-hybridized carbons (Fsp3) is 0.375. The number of rotatable bonds is 7. The van der Waals surface area contributed by atoms with Crippen LogP contribution in [0.2, 0.25) is 0 Å². The minimum absolute atomic E-state index is 0.0229. The second kappa shape index (κ2) is 9.21. The lowest BCUT2D eigenvalue weighted by molar-refractivity contribution is 0.248. The Balaban J connectivity index is 2.46. The van der Waals surface area contributed by atoms with Crippen LogP contribution in [0.4, 0.5) is 0 Å². The van der Waals surface area contributed by atoms with Crippen molar-refractivity contribution in [3.05, 3.63) is 35.9 Å². The summed E-state index contributed by atoms with van der Waals surface area (Å²) in [7, 11) is 1.66. The molecule has 0 aromatic heterocycles. The summed E-state index contributed by atoms with van der Waals surface area (Å²) >= 11 is 0. The van der Waals surface area contributed by atoms with Crippen LogP contribution in [-0.2, 0) is 0 Å². The molecule has 0 fully saturated rings. The number of aliphatic hydroxyl groups is 1. The highest BCUT2D eigenvalue weighted by atomic mass is 16.5.